The number of aliphatic hydroxyl groups is 2. The summed E-state index contributed by atoms with van der Waals surface area (Å²) in [6.45, 7) is -0.402. The lowest BCUT2D eigenvalue weighted by Crippen LogP contribution is -2.36. The van der Waals surface area contributed by atoms with Crippen LogP contribution in [0.1, 0.15) is 28.9 Å². The van der Waals surface area contributed by atoms with Crippen LogP contribution in [0.4, 0.5) is 0 Å². The first-order chi connectivity index (χ1) is 17.3. The molecule has 2 aliphatic rings. The number of phenolic OH excluding ortho intramolecular Hbond substituents is 3. The van der Waals surface area contributed by atoms with E-state index in [0.29, 0.717) is 28.2 Å². The number of fused-ring (bicyclic) bond motifs is 2. The van der Waals surface area contributed by atoms with Gasteiger partial charge in [0.25, 0.3) is 0 Å². The third kappa shape index (κ3) is 4.04. The summed E-state index contributed by atoms with van der Waals surface area (Å²) in [6, 6.07) is 10.7. The van der Waals surface area contributed by atoms with E-state index in [1.807, 2.05) is 0 Å². The predicted octanol–water partition coefficient (Wildman–Crippen LogP) is 2.73. The second-order valence-electron chi connectivity index (χ2n) is 8.61. The van der Waals surface area contributed by atoms with Crippen LogP contribution in [0.3, 0.4) is 0 Å². The number of hydrogen-bond donors (Lipinski definition) is 5. The van der Waals surface area contributed by atoms with Gasteiger partial charge in [0.2, 0.25) is 5.75 Å². The topological polar surface area (TPSA) is 147 Å². The number of ether oxygens (including phenoxy) is 5. The molecule has 0 saturated carbocycles. The number of aromatic hydroxyl groups is 3. The number of benzene rings is 3. The fourth-order valence-corrected chi connectivity index (χ4v) is 4.55. The van der Waals surface area contributed by atoms with Gasteiger partial charge in [-0.2, -0.15) is 0 Å². The summed E-state index contributed by atoms with van der Waals surface area (Å²) in [5, 5.41) is 51.7. The highest BCUT2D eigenvalue weighted by molar-refractivity contribution is 5.57. The van der Waals surface area contributed by atoms with Crippen molar-refractivity contribution >= 4 is 0 Å². The largest absolute Gasteiger partial charge is 0.507 e. The molecule has 10 heteroatoms. The Balaban J connectivity index is 1.50. The molecule has 0 radical (unpaired) electrons. The van der Waals surface area contributed by atoms with Crippen molar-refractivity contribution < 1.29 is 49.2 Å². The maximum absolute atomic E-state index is 10.8. The smallest absolute Gasteiger partial charge is 0.203 e. The number of phenols is 3. The third-order valence-corrected chi connectivity index (χ3v) is 6.37. The second-order valence-corrected chi connectivity index (χ2v) is 8.61. The van der Waals surface area contributed by atoms with E-state index in [0.717, 1.165) is 0 Å². The molecular formula is C26H26O10. The van der Waals surface area contributed by atoms with Crippen molar-refractivity contribution in [3.05, 3.63) is 59.2 Å². The van der Waals surface area contributed by atoms with Gasteiger partial charge in [-0.15, -0.1) is 0 Å². The zero-order valence-corrected chi connectivity index (χ0v) is 19.5. The molecule has 3 aromatic rings. The molecule has 190 valence electrons. The molecular weight excluding hydrogens is 472 g/mol. The number of methoxy groups -OCH3 is 2. The molecule has 4 unspecified atom stereocenters. The molecule has 3 aromatic carbocycles. The van der Waals surface area contributed by atoms with Crippen LogP contribution in [0, 0.1) is 0 Å². The predicted molar refractivity (Wildman–Crippen MR) is 125 cm³/mol. The quantitative estimate of drug-likeness (QED) is 0.356. The van der Waals surface area contributed by atoms with Gasteiger partial charge in [-0.3, -0.25) is 0 Å². The Morgan fingerprint density at radius 1 is 0.806 bits per heavy atom. The van der Waals surface area contributed by atoms with E-state index in [4.69, 9.17) is 23.7 Å². The van der Waals surface area contributed by atoms with Gasteiger partial charge in [0.15, 0.2) is 41.3 Å². The Bertz CT molecular complexity index is 1290. The van der Waals surface area contributed by atoms with Gasteiger partial charge >= 0.3 is 0 Å². The summed E-state index contributed by atoms with van der Waals surface area (Å²) in [5.74, 6) is 0.856. The fourth-order valence-electron chi connectivity index (χ4n) is 4.55. The molecule has 0 fully saturated rings. The lowest BCUT2D eigenvalue weighted by molar-refractivity contribution is -0.0151. The van der Waals surface area contributed by atoms with Gasteiger partial charge in [-0.25, -0.2) is 0 Å². The Kier molecular flexibility index (Phi) is 6.07. The molecule has 4 atom stereocenters. The van der Waals surface area contributed by atoms with Crippen LogP contribution in [-0.4, -0.2) is 58.6 Å². The van der Waals surface area contributed by atoms with E-state index in [1.165, 1.54) is 32.4 Å². The Hall–Kier alpha value is -4.02. The van der Waals surface area contributed by atoms with Crippen LogP contribution >= 0.6 is 0 Å². The molecule has 0 spiro atoms. The van der Waals surface area contributed by atoms with E-state index >= 15 is 0 Å². The molecule has 2 aliphatic heterocycles. The minimum absolute atomic E-state index is 0.0461. The maximum Gasteiger partial charge on any atom is 0.203 e. The number of rotatable bonds is 5. The highest BCUT2D eigenvalue weighted by Crippen LogP contribution is 2.49. The summed E-state index contributed by atoms with van der Waals surface area (Å²) in [5.41, 5.74) is 1.44. The maximum atomic E-state index is 10.8. The van der Waals surface area contributed by atoms with E-state index in [-0.39, 0.29) is 40.9 Å². The molecule has 0 aromatic heterocycles. The summed E-state index contributed by atoms with van der Waals surface area (Å²) in [6.07, 6.45) is -3.42. The lowest BCUT2D eigenvalue weighted by atomic mass is 9.93. The van der Waals surface area contributed by atoms with E-state index in [1.54, 1.807) is 24.3 Å². The first-order valence-electron chi connectivity index (χ1n) is 11.3. The number of hydrogen-bond acceptors (Lipinski definition) is 10. The molecule has 10 nitrogen and oxygen atoms in total. The molecule has 0 aliphatic carbocycles. The summed E-state index contributed by atoms with van der Waals surface area (Å²) in [7, 11) is 2.89. The van der Waals surface area contributed by atoms with Crippen LogP contribution in [0.2, 0.25) is 0 Å². The normalized spacial score (nSPS) is 22.3. The van der Waals surface area contributed by atoms with E-state index < -0.39 is 31.0 Å². The van der Waals surface area contributed by atoms with Gasteiger partial charge in [0.05, 0.1) is 26.9 Å². The van der Waals surface area contributed by atoms with Crippen LogP contribution in [0.5, 0.6) is 46.0 Å². The molecule has 5 N–H and O–H groups in total. The van der Waals surface area contributed by atoms with Gasteiger partial charge < -0.3 is 49.2 Å². The van der Waals surface area contributed by atoms with Crippen LogP contribution in [0.15, 0.2) is 42.5 Å². The van der Waals surface area contributed by atoms with Crippen molar-refractivity contribution in [2.75, 3.05) is 20.8 Å². The van der Waals surface area contributed by atoms with Gasteiger partial charge in [0, 0.05) is 35.2 Å². The Morgan fingerprint density at radius 2 is 1.58 bits per heavy atom. The Morgan fingerprint density at radius 3 is 2.31 bits per heavy atom. The third-order valence-electron chi connectivity index (χ3n) is 6.37. The summed E-state index contributed by atoms with van der Waals surface area (Å²) >= 11 is 0. The standard InChI is InChI=1S/C26H26O10/c1-32-14-8-17(29)15-10-19(31)24(34-20(15)9-14)13-5-18(30)26-22(7-13)35-25(23(11-27)36-26)12-3-4-16(28)21(6-12)33-2/h3-9,19,23-25,27-31H,10-11H2,1-2H3. The van der Waals surface area contributed by atoms with Crippen molar-refractivity contribution in [1.29, 1.82) is 0 Å². The SMILES string of the molecule is COc1cc(O)c2c(c1)OC(c1cc(O)c3c(c1)OC(c1ccc(O)c(OC)c1)C(CO)O3)C(O)C2. The Labute approximate surface area is 206 Å². The minimum atomic E-state index is -1.03. The zero-order chi connectivity index (χ0) is 25.6. The van der Waals surface area contributed by atoms with E-state index in [2.05, 4.69) is 0 Å². The van der Waals surface area contributed by atoms with Crippen molar-refractivity contribution in [2.24, 2.45) is 0 Å². The van der Waals surface area contributed by atoms with Crippen molar-refractivity contribution in [2.45, 2.75) is 30.8 Å². The monoisotopic (exact) mass is 498 g/mol. The molecule has 0 saturated heterocycles. The average Bonchev–Trinajstić information content (AvgIpc) is 2.88. The average molecular weight is 498 g/mol. The van der Waals surface area contributed by atoms with Crippen LogP contribution < -0.4 is 23.7 Å². The summed E-state index contributed by atoms with van der Waals surface area (Å²) in [4.78, 5) is 0. The second kappa shape index (κ2) is 9.21. The number of aliphatic hydroxyl groups excluding tert-OH is 2. The van der Waals surface area contributed by atoms with Gasteiger partial charge in [-0.05, 0) is 24.3 Å². The molecule has 36 heavy (non-hydrogen) atoms. The highest BCUT2D eigenvalue weighted by Gasteiger charge is 2.38. The van der Waals surface area contributed by atoms with Crippen LogP contribution in [0.25, 0.3) is 0 Å². The van der Waals surface area contributed by atoms with Crippen molar-refractivity contribution in [1.82, 2.24) is 0 Å². The van der Waals surface area contributed by atoms with Crippen LogP contribution in [-0.2, 0) is 6.42 Å². The highest BCUT2D eigenvalue weighted by atomic mass is 16.6. The van der Waals surface area contributed by atoms with Gasteiger partial charge in [-0.1, -0.05) is 6.07 Å². The molecule has 0 bridgehead atoms. The minimum Gasteiger partial charge on any atom is -0.507 e. The van der Waals surface area contributed by atoms with Crippen molar-refractivity contribution in [3.63, 3.8) is 0 Å². The van der Waals surface area contributed by atoms with Crippen molar-refractivity contribution in [3.8, 4) is 46.0 Å². The zero-order valence-electron chi connectivity index (χ0n) is 19.5. The molecule has 0 amide bonds. The fraction of sp³-hybridized carbons (Fsp3) is 0.308. The summed E-state index contributed by atoms with van der Waals surface area (Å²) < 4.78 is 28.4. The van der Waals surface area contributed by atoms with Gasteiger partial charge in [0.1, 0.15) is 17.2 Å². The lowest BCUT2D eigenvalue weighted by Gasteiger charge is -2.35. The first-order valence-corrected chi connectivity index (χ1v) is 11.3. The molecule has 2 heterocycles. The van der Waals surface area contributed by atoms with E-state index in [9.17, 15) is 25.5 Å². The first kappa shape index (κ1) is 23.7. The molecule has 5 rings (SSSR count).